The van der Waals surface area contributed by atoms with Crippen molar-refractivity contribution >= 4 is 39.0 Å². The summed E-state index contributed by atoms with van der Waals surface area (Å²) < 4.78 is 33.6. The summed E-state index contributed by atoms with van der Waals surface area (Å²) in [4.78, 5) is 11.0. The molecule has 0 spiro atoms. The van der Waals surface area contributed by atoms with Gasteiger partial charge in [0.15, 0.2) is 0 Å². The number of piperazine rings is 1. The van der Waals surface area contributed by atoms with Crippen molar-refractivity contribution in [2.45, 2.75) is 18.7 Å². The van der Waals surface area contributed by atoms with E-state index in [1.807, 2.05) is 35.2 Å². The lowest BCUT2D eigenvalue weighted by Crippen LogP contribution is -2.49. The molecule has 0 saturated carbocycles. The first-order valence-corrected chi connectivity index (χ1v) is 12.2. The first-order valence-electron chi connectivity index (χ1n) is 10.0. The van der Waals surface area contributed by atoms with E-state index in [0.717, 1.165) is 0 Å². The van der Waals surface area contributed by atoms with Gasteiger partial charge in [-0.15, -0.1) is 0 Å². The van der Waals surface area contributed by atoms with E-state index in [0.29, 0.717) is 60.0 Å². The highest BCUT2D eigenvalue weighted by Crippen LogP contribution is 2.31. The van der Waals surface area contributed by atoms with Gasteiger partial charge >= 0.3 is 0 Å². The summed E-state index contributed by atoms with van der Waals surface area (Å²) in [5.74, 6) is 2.40. The minimum atomic E-state index is -3.74. The van der Waals surface area contributed by atoms with Crippen LogP contribution in [0.4, 0.5) is 5.82 Å². The van der Waals surface area contributed by atoms with Crippen molar-refractivity contribution in [3.63, 3.8) is 0 Å². The minimum Gasteiger partial charge on any atom is -0.439 e. The maximum absolute atomic E-state index is 13.2. The van der Waals surface area contributed by atoms with Gasteiger partial charge in [-0.25, -0.2) is 13.4 Å². The van der Waals surface area contributed by atoms with E-state index in [-0.39, 0.29) is 9.92 Å². The first-order chi connectivity index (χ1) is 15.2. The molecule has 0 atom stereocenters. The lowest BCUT2D eigenvalue weighted by atomic mass is 10.2. The zero-order valence-electron chi connectivity index (χ0n) is 17.6. The average Bonchev–Trinajstić information content (AvgIpc) is 2.76. The van der Waals surface area contributed by atoms with Crippen molar-refractivity contribution in [3.05, 3.63) is 70.0 Å². The predicted molar refractivity (Wildman–Crippen MR) is 125 cm³/mol. The Kier molecular flexibility index (Phi) is 6.57. The molecule has 4 rings (SSSR count). The molecule has 2 heterocycles. The standard InChI is InChI=1S/C22H22Cl2N4O3S/c1-15-12-20(19(24)13-18(15)23)32(29,30)28-10-8-27(9-11-28)21-14-22(26-16(2)25-21)31-17-6-4-3-5-7-17/h3-7,12-14H,8-11H2,1-2H3. The number of rotatable bonds is 5. The van der Waals surface area contributed by atoms with E-state index in [2.05, 4.69) is 9.97 Å². The Morgan fingerprint density at radius 2 is 1.59 bits per heavy atom. The number of ether oxygens (including phenoxy) is 1. The summed E-state index contributed by atoms with van der Waals surface area (Å²) in [5.41, 5.74) is 0.663. The lowest BCUT2D eigenvalue weighted by Gasteiger charge is -2.35. The molecule has 0 amide bonds. The number of anilines is 1. The molecular formula is C22H22Cl2N4O3S. The van der Waals surface area contributed by atoms with Crippen LogP contribution >= 0.6 is 23.2 Å². The van der Waals surface area contributed by atoms with Gasteiger partial charge in [-0.05, 0) is 43.7 Å². The largest absolute Gasteiger partial charge is 0.439 e. The molecule has 0 radical (unpaired) electrons. The van der Waals surface area contributed by atoms with Crippen LogP contribution < -0.4 is 9.64 Å². The molecule has 7 nitrogen and oxygen atoms in total. The van der Waals surface area contributed by atoms with Gasteiger partial charge in [0, 0.05) is 37.3 Å². The van der Waals surface area contributed by atoms with Gasteiger partial charge in [0.2, 0.25) is 15.9 Å². The molecule has 0 bridgehead atoms. The Bertz CT molecular complexity index is 1230. The molecule has 1 aliphatic rings. The average molecular weight is 493 g/mol. The lowest BCUT2D eigenvalue weighted by molar-refractivity contribution is 0.383. The molecular weight excluding hydrogens is 471 g/mol. The van der Waals surface area contributed by atoms with Gasteiger partial charge in [-0.2, -0.15) is 9.29 Å². The van der Waals surface area contributed by atoms with Crippen molar-refractivity contribution in [1.82, 2.24) is 14.3 Å². The molecule has 3 aromatic rings. The second-order valence-corrected chi connectivity index (χ2v) is 10.2. The molecule has 10 heteroatoms. The fourth-order valence-electron chi connectivity index (χ4n) is 3.47. The number of halogens is 2. The first kappa shape index (κ1) is 22.8. The number of benzene rings is 2. The van der Waals surface area contributed by atoms with E-state index in [1.54, 1.807) is 19.9 Å². The highest BCUT2D eigenvalue weighted by atomic mass is 35.5. The summed E-state index contributed by atoms with van der Waals surface area (Å²) in [6, 6.07) is 14.2. The van der Waals surface area contributed by atoms with Crippen LogP contribution in [-0.4, -0.2) is 48.9 Å². The molecule has 168 valence electrons. The van der Waals surface area contributed by atoms with E-state index in [4.69, 9.17) is 27.9 Å². The van der Waals surface area contributed by atoms with Crippen LogP contribution in [0.5, 0.6) is 11.6 Å². The highest BCUT2D eigenvalue weighted by molar-refractivity contribution is 7.89. The molecule has 1 aliphatic heterocycles. The third-order valence-corrected chi connectivity index (χ3v) is 7.93. The van der Waals surface area contributed by atoms with Crippen molar-refractivity contribution in [3.8, 4) is 11.6 Å². The Balaban J connectivity index is 1.50. The Morgan fingerprint density at radius 3 is 2.28 bits per heavy atom. The van der Waals surface area contributed by atoms with Gasteiger partial charge in [0.05, 0.1) is 5.02 Å². The normalized spacial score (nSPS) is 15.1. The molecule has 1 saturated heterocycles. The SMILES string of the molecule is Cc1nc(Oc2ccccc2)cc(N2CCN(S(=O)(=O)c3cc(C)c(Cl)cc3Cl)CC2)n1. The van der Waals surface area contributed by atoms with Gasteiger partial charge in [-0.3, -0.25) is 0 Å². The number of hydrogen-bond donors (Lipinski definition) is 0. The smallest absolute Gasteiger partial charge is 0.244 e. The minimum absolute atomic E-state index is 0.0749. The maximum atomic E-state index is 13.2. The fraction of sp³-hybridized carbons (Fsp3) is 0.273. The summed E-state index contributed by atoms with van der Waals surface area (Å²) in [7, 11) is -3.74. The Morgan fingerprint density at radius 1 is 0.906 bits per heavy atom. The summed E-state index contributed by atoms with van der Waals surface area (Å²) in [5, 5.41) is 0.559. The summed E-state index contributed by atoms with van der Waals surface area (Å²) >= 11 is 12.3. The number of sulfonamides is 1. The van der Waals surface area contributed by atoms with E-state index in [9.17, 15) is 8.42 Å². The number of para-hydroxylation sites is 1. The molecule has 32 heavy (non-hydrogen) atoms. The van der Waals surface area contributed by atoms with Crippen LogP contribution in [0, 0.1) is 13.8 Å². The molecule has 0 unspecified atom stereocenters. The van der Waals surface area contributed by atoms with Gasteiger partial charge in [0.1, 0.15) is 22.3 Å². The number of hydrogen-bond acceptors (Lipinski definition) is 6. The molecule has 1 aromatic heterocycles. The van der Waals surface area contributed by atoms with Crippen LogP contribution in [0.3, 0.4) is 0 Å². The van der Waals surface area contributed by atoms with E-state index >= 15 is 0 Å². The van der Waals surface area contributed by atoms with Crippen molar-refractivity contribution in [1.29, 1.82) is 0 Å². The van der Waals surface area contributed by atoms with Crippen LogP contribution in [0.15, 0.2) is 53.4 Å². The number of nitrogens with zero attached hydrogens (tertiary/aromatic N) is 4. The second-order valence-electron chi connectivity index (χ2n) is 7.45. The maximum Gasteiger partial charge on any atom is 0.244 e. The molecule has 0 aliphatic carbocycles. The predicted octanol–water partition coefficient (Wildman–Crippen LogP) is 4.70. The van der Waals surface area contributed by atoms with Crippen LogP contribution in [0.2, 0.25) is 10.0 Å². The fourth-order valence-corrected chi connectivity index (χ4v) is 5.70. The zero-order valence-corrected chi connectivity index (χ0v) is 20.0. The molecule has 1 fully saturated rings. The van der Waals surface area contributed by atoms with Gasteiger partial charge < -0.3 is 9.64 Å². The van der Waals surface area contributed by atoms with E-state index in [1.165, 1.54) is 16.4 Å². The summed E-state index contributed by atoms with van der Waals surface area (Å²) in [6.07, 6.45) is 0. The van der Waals surface area contributed by atoms with E-state index < -0.39 is 10.0 Å². The number of aromatic nitrogens is 2. The Hall–Kier alpha value is -2.39. The van der Waals surface area contributed by atoms with Crippen LogP contribution in [-0.2, 0) is 10.0 Å². The topological polar surface area (TPSA) is 75.6 Å². The van der Waals surface area contributed by atoms with Gasteiger partial charge in [-0.1, -0.05) is 41.4 Å². The van der Waals surface area contributed by atoms with Gasteiger partial charge in [0.25, 0.3) is 0 Å². The number of aryl methyl sites for hydroxylation is 2. The second kappa shape index (κ2) is 9.23. The highest BCUT2D eigenvalue weighted by Gasteiger charge is 2.31. The monoisotopic (exact) mass is 492 g/mol. The quantitative estimate of drug-likeness (QED) is 0.513. The molecule has 0 N–H and O–H groups in total. The third-order valence-electron chi connectivity index (χ3n) is 5.16. The summed E-state index contributed by atoms with van der Waals surface area (Å²) in [6.45, 7) is 5.11. The molecule has 2 aromatic carbocycles. The Labute approximate surface area is 197 Å². The van der Waals surface area contributed by atoms with Crippen LogP contribution in [0.1, 0.15) is 11.4 Å². The van der Waals surface area contributed by atoms with Crippen molar-refractivity contribution in [2.75, 3.05) is 31.1 Å². The van der Waals surface area contributed by atoms with Crippen LogP contribution in [0.25, 0.3) is 0 Å². The third kappa shape index (κ3) is 4.83. The van der Waals surface area contributed by atoms with Crippen molar-refractivity contribution < 1.29 is 13.2 Å². The zero-order chi connectivity index (χ0) is 22.9. The van der Waals surface area contributed by atoms with Crippen molar-refractivity contribution in [2.24, 2.45) is 0 Å².